The molecule has 0 aromatic heterocycles. The zero-order chi connectivity index (χ0) is 15.5. The maximum atomic E-state index is 12.5. The summed E-state index contributed by atoms with van der Waals surface area (Å²) in [5, 5.41) is 3.12. The summed E-state index contributed by atoms with van der Waals surface area (Å²) in [7, 11) is 0. The zero-order valence-corrected chi connectivity index (χ0v) is 13.4. The van der Waals surface area contributed by atoms with Crippen LogP contribution in [-0.4, -0.2) is 11.8 Å². The predicted octanol–water partition coefficient (Wildman–Crippen LogP) is 4.06. The summed E-state index contributed by atoms with van der Waals surface area (Å²) in [5.74, 6) is -0.635. The Morgan fingerprint density at radius 1 is 1.24 bits per heavy atom. The summed E-state index contributed by atoms with van der Waals surface area (Å²) in [6.07, 6.45) is 4.07. The fourth-order valence-electron chi connectivity index (χ4n) is 3.73. The van der Waals surface area contributed by atoms with Gasteiger partial charge in [-0.15, -0.1) is 0 Å². The molecule has 1 unspecified atom stereocenters. The van der Waals surface area contributed by atoms with E-state index in [0.717, 1.165) is 31.2 Å². The molecule has 1 aromatic carbocycles. The first-order valence-corrected chi connectivity index (χ1v) is 7.99. The van der Waals surface area contributed by atoms with E-state index in [1.54, 1.807) is 6.07 Å². The number of hydrogen-bond acceptors (Lipinski definition) is 2. The van der Waals surface area contributed by atoms with Crippen molar-refractivity contribution in [2.45, 2.75) is 51.9 Å². The van der Waals surface area contributed by atoms with Crippen molar-refractivity contribution in [1.29, 1.82) is 0 Å². The van der Waals surface area contributed by atoms with Gasteiger partial charge in [0.05, 0.1) is 5.92 Å². The number of carbonyl (C=O) groups is 2. The quantitative estimate of drug-likeness (QED) is 0.834. The van der Waals surface area contributed by atoms with Gasteiger partial charge < -0.3 is 0 Å². The van der Waals surface area contributed by atoms with Gasteiger partial charge in [-0.1, -0.05) is 50.4 Å². The molecule has 0 aliphatic carbocycles. The summed E-state index contributed by atoms with van der Waals surface area (Å²) in [4.78, 5) is 24.4. The minimum Gasteiger partial charge on any atom is -0.296 e. The SMILES string of the molecule is CCCC1(CCC)CC(=O)NC(=O)C1c1cccc(Cl)c1. The predicted molar refractivity (Wildman–Crippen MR) is 84.2 cm³/mol. The number of rotatable bonds is 5. The summed E-state index contributed by atoms with van der Waals surface area (Å²) in [5.41, 5.74) is 0.627. The first-order chi connectivity index (χ1) is 10.0. The third kappa shape index (κ3) is 3.29. The Morgan fingerprint density at radius 2 is 1.90 bits per heavy atom. The van der Waals surface area contributed by atoms with E-state index in [9.17, 15) is 9.59 Å². The molecule has 1 aliphatic rings. The average molecular weight is 308 g/mol. The molecule has 1 aromatic rings. The van der Waals surface area contributed by atoms with Gasteiger partial charge in [-0.05, 0) is 36.0 Å². The van der Waals surface area contributed by atoms with Gasteiger partial charge in [0.1, 0.15) is 0 Å². The molecule has 0 radical (unpaired) electrons. The first-order valence-electron chi connectivity index (χ1n) is 7.61. The lowest BCUT2D eigenvalue weighted by molar-refractivity contribution is -0.140. The zero-order valence-electron chi connectivity index (χ0n) is 12.6. The monoisotopic (exact) mass is 307 g/mol. The number of nitrogens with one attached hydrogen (secondary N) is 1. The van der Waals surface area contributed by atoms with Crippen LogP contribution in [0.25, 0.3) is 0 Å². The van der Waals surface area contributed by atoms with Crippen molar-refractivity contribution in [3.05, 3.63) is 34.9 Å². The van der Waals surface area contributed by atoms with E-state index in [1.165, 1.54) is 0 Å². The van der Waals surface area contributed by atoms with Crippen LogP contribution in [-0.2, 0) is 9.59 Å². The smallest absolute Gasteiger partial charge is 0.234 e. The van der Waals surface area contributed by atoms with Crippen LogP contribution in [0.15, 0.2) is 24.3 Å². The number of imide groups is 1. The first kappa shape index (κ1) is 16.0. The molecule has 1 aliphatic heterocycles. The molecule has 0 saturated carbocycles. The van der Waals surface area contributed by atoms with Gasteiger partial charge in [0.25, 0.3) is 0 Å². The van der Waals surface area contributed by atoms with Crippen molar-refractivity contribution < 1.29 is 9.59 Å². The van der Waals surface area contributed by atoms with Gasteiger partial charge in [-0.3, -0.25) is 14.9 Å². The van der Waals surface area contributed by atoms with Crippen LogP contribution in [0.1, 0.15) is 57.4 Å². The largest absolute Gasteiger partial charge is 0.296 e. The summed E-state index contributed by atoms with van der Waals surface area (Å²) < 4.78 is 0. The molecule has 3 nitrogen and oxygen atoms in total. The summed E-state index contributed by atoms with van der Waals surface area (Å²) in [6, 6.07) is 7.45. The minimum absolute atomic E-state index is 0.153. The highest BCUT2D eigenvalue weighted by molar-refractivity contribution is 6.30. The van der Waals surface area contributed by atoms with Gasteiger partial charge in [0.15, 0.2) is 0 Å². The van der Waals surface area contributed by atoms with Crippen molar-refractivity contribution in [1.82, 2.24) is 5.32 Å². The van der Waals surface area contributed by atoms with Gasteiger partial charge in [-0.2, -0.15) is 0 Å². The van der Waals surface area contributed by atoms with E-state index in [0.29, 0.717) is 11.4 Å². The molecule has 114 valence electrons. The van der Waals surface area contributed by atoms with Crippen molar-refractivity contribution >= 4 is 23.4 Å². The normalized spacial score (nSPS) is 21.2. The van der Waals surface area contributed by atoms with Crippen molar-refractivity contribution in [3.8, 4) is 0 Å². The second kappa shape index (κ2) is 6.61. The summed E-state index contributed by atoms with van der Waals surface area (Å²) >= 11 is 6.09. The molecular formula is C17H22ClNO2. The second-order valence-electron chi connectivity index (χ2n) is 5.94. The molecule has 1 saturated heterocycles. The van der Waals surface area contributed by atoms with Crippen LogP contribution in [0.4, 0.5) is 0 Å². The standard InChI is InChI=1S/C17H22ClNO2/c1-3-8-17(9-4-2)11-14(20)19-16(21)15(17)12-6-5-7-13(18)10-12/h5-7,10,15H,3-4,8-9,11H2,1-2H3,(H,19,20,21). The van der Waals surface area contributed by atoms with Gasteiger partial charge in [0, 0.05) is 11.4 Å². The van der Waals surface area contributed by atoms with Gasteiger partial charge >= 0.3 is 0 Å². The Hall–Kier alpha value is -1.35. The van der Waals surface area contributed by atoms with E-state index < -0.39 is 0 Å². The highest BCUT2D eigenvalue weighted by atomic mass is 35.5. The van der Waals surface area contributed by atoms with E-state index in [2.05, 4.69) is 19.2 Å². The maximum absolute atomic E-state index is 12.5. The number of benzene rings is 1. The number of amides is 2. The maximum Gasteiger partial charge on any atom is 0.234 e. The topological polar surface area (TPSA) is 46.2 Å². The van der Waals surface area contributed by atoms with Crippen LogP contribution >= 0.6 is 11.6 Å². The molecule has 21 heavy (non-hydrogen) atoms. The molecule has 2 amide bonds. The molecule has 1 heterocycles. The van der Waals surface area contributed by atoms with Crippen molar-refractivity contribution in [2.75, 3.05) is 0 Å². The van der Waals surface area contributed by atoms with Crippen molar-refractivity contribution in [2.24, 2.45) is 5.41 Å². The molecular weight excluding hydrogens is 286 g/mol. The fourth-order valence-corrected chi connectivity index (χ4v) is 3.93. The lowest BCUT2D eigenvalue weighted by atomic mass is 9.62. The number of halogens is 1. The Balaban J connectivity index is 2.49. The Kier molecular flexibility index (Phi) is 5.04. The lowest BCUT2D eigenvalue weighted by Gasteiger charge is -2.43. The Bertz CT molecular complexity index is 535. The van der Waals surface area contributed by atoms with Gasteiger partial charge in [0.2, 0.25) is 11.8 Å². The minimum atomic E-state index is -0.297. The van der Waals surface area contributed by atoms with Crippen LogP contribution < -0.4 is 5.32 Å². The molecule has 1 fully saturated rings. The molecule has 1 atom stereocenters. The molecule has 4 heteroatoms. The van der Waals surface area contributed by atoms with Crippen LogP contribution in [0, 0.1) is 5.41 Å². The second-order valence-corrected chi connectivity index (χ2v) is 6.38. The van der Waals surface area contributed by atoms with E-state index in [4.69, 9.17) is 11.6 Å². The fraction of sp³-hybridized carbons (Fsp3) is 0.529. The third-order valence-electron chi connectivity index (χ3n) is 4.33. The van der Waals surface area contributed by atoms with Crippen LogP contribution in [0.2, 0.25) is 5.02 Å². The lowest BCUT2D eigenvalue weighted by Crippen LogP contribution is -2.50. The number of piperidine rings is 1. The van der Waals surface area contributed by atoms with E-state index >= 15 is 0 Å². The van der Waals surface area contributed by atoms with E-state index in [1.807, 2.05) is 18.2 Å². The third-order valence-corrected chi connectivity index (χ3v) is 4.56. The van der Waals surface area contributed by atoms with Gasteiger partial charge in [-0.25, -0.2) is 0 Å². The molecule has 1 N–H and O–H groups in total. The van der Waals surface area contributed by atoms with Crippen LogP contribution in [0.5, 0.6) is 0 Å². The van der Waals surface area contributed by atoms with Crippen molar-refractivity contribution in [3.63, 3.8) is 0 Å². The Labute approximate surface area is 131 Å². The summed E-state index contributed by atoms with van der Waals surface area (Å²) in [6.45, 7) is 4.20. The average Bonchev–Trinajstić information content (AvgIpc) is 2.38. The molecule has 0 spiro atoms. The Morgan fingerprint density at radius 3 is 2.48 bits per heavy atom. The number of hydrogen-bond donors (Lipinski definition) is 1. The highest BCUT2D eigenvalue weighted by Gasteiger charge is 2.47. The van der Waals surface area contributed by atoms with Crippen LogP contribution in [0.3, 0.4) is 0 Å². The highest BCUT2D eigenvalue weighted by Crippen LogP contribution is 2.49. The molecule has 2 rings (SSSR count). The molecule has 0 bridgehead atoms. The van der Waals surface area contributed by atoms with E-state index in [-0.39, 0.29) is 23.1 Å². The number of carbonyl (C=O) groups excluding carboxylic acids is 2.